The number of amides is 1. The fourth-order valence-electron chi connectivity index (χ4n) is 4.09. The Kier molecular flexibility index (Phi) is 28.6. The van der Waals surface area contributed by atoms with Gasteiger partial charge in [-0.25, -0.2) is 0 Å². The molecule has 0 aromatic heterocycles. The molecule has 36 heavy (non-hydrogen) atoms. The fourth-order valence-corrected chi connectivity index (χ4v) is 4.09. The molecule has 5 atom stereocenters. The van der Waals surface area contributed by atoms with Crippen LogP contribution >= 0.6 is 0 Å². The van der Waals surface area contributed by atoms with E-state index in [1.54, 1.807) is 0 Å². The molecule has 0 radical (unpaired) electrons. The van der Waals surface area contributed by atoms with Crippen LogP contribution in [0.15, 0.2) is 0 Å². The summed E-state index contributed by atoms with van der Waals surface area (Å²) in [6.45, 7) is 4.81. The Hall–Kier alpha value is 0.230. The molecule has 0 aliphatic carbocycles. The third-order valence-corrected chi connectivity index (χ3v) is 6.53. The van der Waals surface area contributed by atoms with E-state index in [9.17, 15) is 25.2 Å². The molecule has 1 amide bonds. The predicted molar refractivity (Wildman–Crippen MR) is 140 cm³/mol. The van der Waals surface area contributed by atoms with E-state index >= 15 is 0 Å². The summed E-state index contributed by atoms with van der Waals surface area (Å²) in [6, 6.07) is -0.214. The maximum atomic E-state index is 12.5. The summed E-state index contributed by atoms with van der Waals surface area (Å²) in [7, 11) is 0. The first-order valence-electron chi connectivity index (χ1n) is 14.1. The number of carbonyl (C=O) groups excluding carboxylic acids is 1. The number of rotatable bonds is 25. The molecule has 0 spiro atoms. The second-order valence-corrected chi connectivity index (χ2v) is 9.81. The standard InChI is InChI=1S/C27H55NO7.Na.H/c1-3-5-7-9-11-12-14-16-19-35-20-18-22(17-15-13-10-8-6-4-2)28-27(34)26(33)25(32)24(31)23(30)21-29;;/h22-26,29-33H,3-21H2,1-2H3,(H,28,34);;/q;+1;-1/t22?,23-,24-,25+,26-;;/m1../s1. The number of aliphatic hydroxyl groups excluding tert-OH is 5. The molecule has 0 rings (SSSR count). The first-order chi connectivity index (χ1) is 16.9. The zero-order valence-corrected chi connectivity index (χ0v) is 25.4. The SMILES string of the molecule is CCCCCCCCCCOCCC(CCCCCCCC)NC(=O)[C@H](O)[C@@H](O)[C@H](O)[C@H](O)CO.[H-].[Na+]. The largest absolute Gasteiger partial charge is 1.00 e. The first-order valence-corrected chi connectivity index (χ1v) is 14.1. The number of aliphatic hydroxyl groups is 5. The number of carbonyl (C=O) groups is 1. The normalized spacial score (nSPS) is 15.5. The van der Waals surface area contributed by atoms with Gasteiger partial charge < -0.3 is 37.0 Å². The molecule has 0 saturated carbocycles. The Balaban J connectivity index is -0.00000578. The molecule has 0 heterocycles. The number of unbranched alkanes of at least 4 members (excludes halogenated alkanes) is 12. The average Bonchev–Trinajstić information content (AvgIpc) is 2.86. The number of nitrogens with one attached hydrogen (secondary N) is 1. The molecule has 212 valence electrons. The third kappa shape index (κ3) is 20.2. The summed E-state index contributed by atoms with van der Waals surface area (Å²) in [5, 5.41) is 51.0. The van der Waals surface area contributed by atoms with E-state index in [1.165, 1.54) is 57.8 Å². The van der Waals surface area contributed by atoms with Crippen molar-refractivity contribution in [1.29, 1.82) is 0 Å². The van der Waals surface area contributed by atoms with Gasteiger partial charge in [0.25, 0.3) is 5.91 Å². The fraction of sp³-hybridized carbons (Fsp3) is 0.963. The van der Waals surface area contributed by atoms with Crippen molar-refractivity contribution in [2.24, 2.45) is 0 Å². The van der Waals surface area contributed by atoms with Crippen molar-refractivity contribution >= 4 is 5.91 Å². The van der Waals surface area contributed by atoms with Gasteiger partial charge in [-0.15, -0.1) is 0 Å². The molecule has 0 aliphatic rings. The number of hydrogen-bond donors (Lipinski definition) is 6. The molecular formula is C27H56NNaO7. The van der Waals surface area contributed by atoms with Crippen LogP contribution in [-0.4, -0.2) is 81.7 Å². The summed E-state index contributed by atoms with van der Waals surface area (Å²) in [4.78, 5) is 12.5. The van der Waals surface area contributed by atoms with E-state index in [4.69, 9.17) is 9.84 Å². The van der Waals surface area contributed by atoms with Gasteiger partial charge in [0.15, 0.2) is 6.10 Å². The molecule has 6 N–H and O–H groups in total. The summed E-state index contributed by atoms with van der Waals surface area (Å²) in [5.74, 6) is -0.805. The Bertz CT molecular complexity index is 494. The third-order valence-electron chi connectivity index (χ3n) is 6.53. The van der Waals surface area contributed by atoms with Crippen molar-refractivity contribution in [2.75, 3.05) is 19.8 Å². The topological polar surface area (TPSA) is 139 Å². The maximum absolute atomic E-state index is 12.5. The van der Waals surface area contributed by atoms with Crippen molar-refractivity contribution in [1.82, 2.24) is 5.32 Å². The van der Waals surface area contributed by atoms with Gasteiger partial charge in [-0.1, -0.05) is 97.3 Å². The van der Waals surface area contributed by atoms with Crippen LogP contribution in [0.2, 0.25) is 0 Å². The van der Waals surface area contributed by atoms with Gasteiger partial charge in [-0.05, 0) is 19.3 Å². The van der Waals surface area contributed by atoms with Crippen LogP contribution < -0.4 is 34.9 Å². The van der Waals surface area contributed by atoms with Crippen molar-refractivity contribution in [3.63, 3.8) is 0 Å². The van der Waals surface area contributed by atoms with Crippen molar-refractivity contribution in [3.8, 4) is 0 Å². The minimum atomic E-state index is -1.91. The van der Waals surface area contributed by atoms with E-state index in [2.05, 4.69) is 19.2 Å². The second-order valence-electron chi connectivity index (χ2n) is 9.81. The summed E-state index contributed by atoms with van der Waals surface area (Å²) in [6.07, 6.45) is 10.8. The Morgan fingerprint density at radius 1 is 0.722 bits per heavy atom. The van der Waals surface area contributed by atoms with Gasteiger partial charge in [0.2, 0.25) is 0 Å². The minimum Gasteiger partial charge on any atom is -1.00 e. The van der Waals surface area contributed by atoms with Gasteiger partial charge in [0, 0.05) is 19.3 Å². The van der Waals surface area contributed by atoms with Crippen molar-refractivity contribution in [2.45, 2.75) is 147 Å². The van der Waals surface area contributed by atoms with Crippen molar-refractivity contribution < 1.29 is 66.0 Å². The van der Waals surface area contributed by atoms with Crippen LogP contribution in [0.25, 0.3) is 0 Å². The van der Waals surface area contributed by atoms with E-state index in [0.29, 0.717) is 19.6 Å². The molecule has 0 aromatic carbocycles. The minimum absolute atomic E-state index is 0. The van der Waals surface area contributed by atoms with Crippen LogP contribution in [-0.2, 0) is 9.53 Å². The van der Waals surface area contributed by atoms with E-state index < -0.39 is 36.9 Å². The summed E-state index contributed by atoms with van der Waals surface area (Å²) < 4.78 is 5.78. The van der Waals surface area contributed by atoms with Crippen LogP contribution in [0.1, 0.15) is 118 Å². The van der Waals surface area contributed by atoms with Gasteiger partial charge in [0.1, 0.15) is 18.3 Å². The maximum Gasteiger partial charge on any atom is 1.00 e. The number of ether oxygens (including phenoxy) is 1. The first kappa shape index (κ1) is 38.4. The van der Waals surface area contributed by atoms with Crippen LogP contribution in [0.4, 0.5) is 0 Å². The second kappa shape index (κ2) is 26.8. The van der Waals surface area contributed by atoms with Crippen molar-refractivity contribution in [3.05, 3.63) is 0 Å². The Morgan fingerprint density at radius 3 is 1.75 bits per heavy atom. The Morgan fingerprint density at radius 2 is 1.22 bits per heavy atom. The van der Waals surface area contributed by atoms with Gasteiger partial charge in [-0.3, -0.25) is 4.79 Å². The average molecular weight is 530 g/mol. The monoisotopic (exact) mass is 529 g/mol. The molecule has 0 fully saturated rings. The molecule has 1 unspecified atom stereocenters. The van der Waals surface area contributed by atoms with E-state index in [0.717, 1.165) is 38.5 Å². The predicted octanol–water partition coefficient (Wildman–Crippen LogP) is 0.322. The molecule has 0 aromatic rings. The van der Waals surface area contributed by atoms with Gasteiger partial charge in [-0.2, -0.15) is 0 Å². The zero-order chi connectivity index (χ0) is 26.3. The quantitative estimate of drug-likeness (QED) is 0.0740. The Labute approximate surface area is 243 Å². The smallest absolute Gasteiger partial charge is 1.00 e. The zero-order valence-electron chi connectivity index (χ0n) is 24.4. The summed E-state index contributed by atoms with van der Waals surface area (Å²) in [5.41, 5.74) is 0. The molecule has 0 saturated heterocycles. The van der Waals surface area contributed by atoms with E-state index in [-0.39, 0.29) is 37.0 Å². The molecular weight excluding hydrogens is 473 g/mol. The molecule has 0 aliphatic heterocycles. The van der Waals surface area contributed by atoms with Crippen LogP contribution in [0, 0.1) is 0 Å². The van der Waals surface area contributed by atoms with E-state index in [1.807, 2.05) is 0 Å². The molecule has 9 heteroatoms. The van der Waals surface area contributed by atoms with Crippen LogP contribution in [0.3, 0.4) is 0 Å². The summed E-state index contributed by atoms with van der Waals surface area (Å²) >= 11 is 0. The van der Waals surface area contributed by atoms with Crippen LogP contribution in [0.5, 0.6) is 0 Å². The van der Waals surface area contributed by atoms with Gasteiger partial charge >= 0.3 is 29.6 Å². The molecule has 8 nitrogen and oxygen atoms in total. The van der Waals surface area contributed by atoms with Gasteiger partial charge in [0.05, 0.1) is 6.61 Å². The number of hydrogen-bond acceptors (Lipinski definition) is 7. The molecule has 0 bridgehead atoms.